The number of nitrogens with one attached hydrogen (secondary N) is 2. The van der Waals surface area contributed by atoms with Gasteiger partial charge in [0.15, 0.2) is 0 Å². The minimum absolute atomic E-state index is 0.179. The van der Waals surface area contributed by atoms with Gasteiger partial charge in [0.2, 0.25) is 17.7 Å². The smallest absolute Gasteiger partial charge is 0.243 e. The predicted octanol–water partition coefficient (Wildman–Crippen LogP) is 3.52. The van der Waals surface area contributed by atoms with Crippen LogP contribution in [0.15, 0.2) is 48.5 Å². The van der Waals surface area contributed by atoms with Crippen LogP contribution in [-0.2, 0) is 40.2 Å². The summed E-state index contributed by atoms with van der Waals surface area (Å²) in [6.07, 6.45) is 4.47. The summed E-state index contributed by atoms with van der Waals surface area (Å²) in [7, 11) is 0. The normalized spacial score (nSPS) is 15.4. The lowest BCUT2D eigenvalue weighted by atomic mass is 9.91. The van der Waals surface area contributed by atoms with Crippen molar-refractivity contribution in [3.8, 4) is 11.5 Å². The molecule has 0 fully saturated rings. The molecule has 1 aliphatic rings. The first-order chi connectivity index (χ1) is 22.8. The molecule has 10 nitrogen and oxygen atoms in total. The van der Waals surface area contributed by atoms with Gasteiger partial charge in [0, 0.05) is 26.1 Å². The number of rotatable bonds is 14. The van der Waals surface area contributed by atoms with Gasteiger partial charge in [-0.3, -0.25) is 14.4 Å². The van der Waals surface area contributed by atoms with Crippen LogP contribution >= 0.6 is 0 Å². The highest BCUT2D eigenvalue weighted by molar-refractivity contribution is 5.90. The van der Waals surface area contributed by atoms with Gasteiger partial charge in [0.05, 0.1) is 12.1 Å². The lowest BCUT2D eigenvalue weighted by Crippen LogP contribution is -2.56. The van der Waals surface area contributed by atoms with Crippen molar-refractivity contribution in [2.24, 2.45) is 11.5 Å². The Morgan fingerprint density at radius 1 is 0.750 bits per heavy atom. The van der Waals surface area contributed by atoms with E-state index in [9.17, 15) is 24.6 Å². The molecular formula is C38H51N5O5. The Kier molecular flexibility index (Phi) is 12.6. The number of aromatic hydroxyl groups is 2. The van der Waals surface area contributed by atoms with Gasteiger partial charge >= 0.3 is 0 Å². The minimum atomic E-state index is -0.830. The van der Waals surface area contributed by atoms with E-state index in [-0.39, 0.29) is 29.2 Å². The van der Waals surface area contributed by atoms with E-state index in [0.29, 0.717) is 38.9 Å². The molecule has 0 saturated heterocycles. The van der Waals surface area contributed by atoms with Crippen molar-refractivity contribution in [2.75, 3.05) is 13.1 Å². The molecular weight excluding hydrogens is 606 g/mol. The summed E-state index contributed by atoms with van der Waals surface area (Å²) in [5, 5.41) is 25.6. The summed E-state index contributed by atoms with van der Waals surface area (Å²) in [5.41, 5.74) is 20.2. The lowest BCUT2D eigenvalue weighted by molar-refractivity contribution is -0.142. The maximum Gasteiger partial charge on any atom is 0.243 e. The van der Waals surface area contributed by atoms with E-state index in [2.05, 4.69) is 10.6 Å². The van der Waals surface area contributed by atoms with Crippen LogP contribution in [0.2, 0.25) is 0 Å². The van der Waals surface area contributed by atoms with E-state index in [4.69, 9.17) is 11.5 Å². The number of unbranched alkanes of at least 4 members (excludes halogenated alkanes) is 3. The molecule has 0 bridgehead atoms. The molecule has 3 aromatic carbocycles. The number of aryl methyl sites for hydroxylation is 4. The van der Waals surface area contributed by atoms with Crippen molar-refractivity contribution in [3.63, 3.8) is 0 Å². The van der Waals surface area contributed by atoms with Crippen molar-refractivity contribution >= 4 is 17.7 Å². The number of amides is 3. The minimum Gasteiger partial charge on any atom is -0.508 e. The zero-order chi connectivity index (χ0) is 35.0. The fraction of sp³-hybridized carbons (Fsp3) is 0.447. The maximum atomic E-state index is 13.7. The Morgan fingerprint density at radius 3 is 1.77 bits per heavy atom. The van der Waals surface area contributed by atoms with E-state index in [1.165, 1.54) is 0 Å². The van der Waals surface area contributed by atoms with Gasteiger partial charge in [-0.25, -0.2) is 0 Å². The molecule has 1 aliphatic heterocycles. The molecule has 258 valence electrons. The Morgan fingerprint density at radius 2 is 1.23 bits per heavy atom. The Labute approximate surface area is 283 Å². The lowest BCUT2D eigenvalue weighted by Gasteiger charge is -2.37. The highest BCUT2D eigenvalue weighted by atomic mass is 16.3. The topological polar surface area (TPSA) is 171 Å². The van der Waals surface area contributed by atoms with E-state index >= 15 is 0 Å². The molecule has 0 saturated carbocycles. The van der Waals surface area contributed by atoms with Gasteiger partial charge < -0.3 is 37.2 Å². The molecule has 1 unspecified atom stereocenters. The second-order valence-electron chi connectivity index (χ2n) is 13.2. The van der Waals surface area contributed by atoms with Crippen LogP contribution in [0.25, 0.3) is 0 Å². The molecule has 0 spiro atoms. The highest BCUT2D eigenvalue weighted by Gasteiger charge is 2.36. The first-order valence-electron chi connectivity index (χ1n) is 16.9. The van der Waals surface area contributed by atoms with Gasteiger partial charge in [0.1, 0.15) is 17.5 Å². The third-order valence-corrected chi connectivity index (χ3v) is 9.40. The van der Waals surface area contributed by atoms with Gasteiger partial charge in [-0.15, -0.1) is 0 Å². The third kappa shape index (κ3) is 9.35. The molecule has 0 radical (unpaired) electrons. The van der Waals surface area contributed by atoms with Gasteiger partial charge in [-0.1, -0.05) is 37.1 Å². The molecule has 4 rings (SSSR count). The van der Waals surface area contributed by atoms with Crippen LogP contribution in [-0.4, -0.2) is 64.0 Å². The van der Waals surface area contributed by atoms with Crippen LogP contribution < -0.4 is 22.1 Å². The van der Waals surface area contributed by atoms with Crippen LogP contribution in [0.3, 0.4) is 0 Å². The quantitative estimate of drug-likeness (QED) is 0.144. The standard InChI is InChI=1S/C38H51N5O5/c1-23-15-29(44)16-24(2)31(23)20-33(39)36(46)41-13-9-5-6-10-14-42-37(47)35-19-27-11-7-8-12-28(27)22-43(35)38(48)34(40)21-32-25(3)17-30(45)18-26(32)4/h7-8,11-12,15-18,33-35,44-45H,5-6,9-10,13-14,19-22,39-40H2,1-4H3,(H,41,46)(H,42,47)/t33-,34-,35?/m0/s1. The summed E-state index contributed by atoms with van der Waals surface area (Å²) in [6.45, 7) is 8.90. The Hall–Kier alpha value is -4.41. The third-order valence-electron chi connectivity index (χ3n) is 9.40. The Bertz CT molecular complexity index is 1580. The number of fused-ring (bicyclic) bond motifs is 1. The highest BCUT2D eigenvalue weighted by Crippen LogP contribution is 2.27. The Balaban J connectivity index is 1.23. The fourth-order valence-corrected chi connectivity index (χ4v) is 6.68. The summed E-state index contributed by atoms with van der Waals surface area (Å²) in [5.74, 6) is -0.279. The van der Waals surface area contributed by atoms with Gasteiger partial charge in [0.25, 0.3) is 0 Å². The molecule has 0 aromatic heterocycles. The van der Waals surface area contributed by atoms with Crippen LogP contribution in [0, 0.1) is 27.7 Å². The second-order valence-corrected chi connectivity index (χ2v) is 13.2. The molecule has 8 N–H and O–H groups in total. The van der Waals surface area contributed by atoms with Gasteiger partial charge in [-0.05, 0) is 122 Å². The first kappa shape index (κ1) is 36.4. The van der Waals surface area contributed by atoms with Crippen molar-refractivity contribution in [3.05, 3.63) is 93.0 Å². The average Bonchev–Trinajstić information content (AvgIpc) is 3.04. The first-order valence-corrected chi connectivity index (χ1v) is 16.9. The molecule has 48 heavy (non-hydrogen) atoms. The second kappa shape index (κ2) is 16.6. The SMILES string of the molecule is Cc1cc(O)cc(C)c1C[C@H](N)C(=O)NCCCCCCNC(=O)C1Cc2ccccc2CN1C(=O)[C@@H](N)Cc1c(C)cc(O)cc1C. The number of nitrogens with zero attached hydrogens (tertiary/aromatic N) is 1. The number of hydrogen-bond acceptors (Lipinski definition) is 7. The number of carbonyl (C=O) groups excluding carboxylic acids is 3. The van der Waals surface area contributed by atoms with Crippen LogP contribution in [0.1, 0.15) is 70.2 Å². The fourth-order valence-electron chi connectivity index (χ4n) is 6.68. The summed E-state index contributed by atoms with van der Waals surface area (Å²) in [4.78, 5) is 41.4. The predicted molar refractivity (Wildman–Crippen MR) is 187 cm³/mol. The maximum absolute atomic E-state index is 13.7. The monoisotopic (exact) mass is 657 g/mol. The number of benzene rings is 3. The number of phenols is 2. The van der Waals surface area contributed by atoms with Crippen LogP contribution in [0.4, 0.5) is 0 Å². The molecule has 10 heteroatoms. The number of nitrogens with two attached hydrogens (primary N) is 2. The van der Waals surface area contributed by atoms with E-state index < -0.39 is 18.1 Å². The van der Waals surface area contributed by atoms with E-state index in [1.54, 1.807) is 29.2 Å². The van der Waals surface area contributed by atoms with Crippen LogP contribution in [0.5, 0.6) is 11.5 Å². The van der Waals surface area contributed by atoms with Crippen molar-refractivity contribution in [1.82, 2.24) is 15.5 Å². The van der Waals surface area contributed by atoms with Crippen molar-refractivity contribution < 1.29 is 24.6 Å². The average molecular weight is 658 g/mol. The largest absolute Gasteiger partial charge is 0.508 e. The molecule has 3 amide bonds. The number of phenolic OH excluding ortho intramolecular Hbond substituents is 2. The number of hydrogen-bond donors (Lipinski definition) is 6. The molecule has 0 aliphatic carbocycles. The van der Waals surface area contributed by atoms with E-state index in [1.807, 2.05) is 52.0 Å². The molecule has 3 atom stereocenters. The number of carbonyl (C=O) groups is 3. The van der Waals surface area contributed by atoms with Crippen molar-refractivity contribution in [1.29, 1.82) is 0 Å². The molecule has 1 heterocycles. The summed E-state index contributed by atoms with van der Waals surface area (Å²) >= 11 is 0. The summed E-state index contributed by atoms with van der Waals surface area (Å²) in [6, 6.07) is 12.4. The molecule has 3 aromatic rings. The zero-order valence-corrected chi connectivity index (χ0v) is 28.6. The zero-order valence-electron chi connectivity index (χ0n) is 28.6. The van der Waals surface area contributed by atoms with E-state index in [0.717, 1.165) is 70.2 Å². The van der Waals surface area contributed by atoms with Crippen molar-refractivity contribution in [2.45, 2.75) is 97.3 Å². The summed E-state index contributed by atoms with van der Waals surface area (Å²) < 4.78 is 0. The van der Waals surface area contributed by atoms with Gasteiger partial charge in [-0.2, -0.15) is 0 Å².